The molecule has 0 amide bonds. The quantitative estimate of drug-likeness (QED) is 0.750. The van der Waals surface area contributed by atoms with Crippen LogP contribution in [0.25, 0.3) is 0 Å². The van der Waals surface area contributed by atoms with E-state index >= 15 is 0 Å². The van der Waals surface area contributed by atoms with Gasteiger partial charge >= 0.3 is 0 Å². The molecule has 1 aliphatic heterocycles. The molecule has 114 valence electrons. The third-order valence-electron chi connectivity index (χ3n) is 5.70. The molecule has 2 heterocycles. The highest BCUT2D eigenvalue weighted by Crippen LogP contribution is 2.45. The minimum absolute atomic E-state index is 0.567. The van der Waals surface area contributed by atoms with E-state index in [1.807, 2.05) is 6.07 Å². The number of rotatable bonds is 2. The summed E-state index contributed by atoms with van der Waals surface area (Å²) in [6, 6.07) is 1.95. The number of hydrogen-bond donors (Lipinski definition) is 0. The lowest BCUT2D eigenvalue weighted by atomic mass is 9.68. The van der Waals surface area contributed by atoms with Crippen molar-refractivity contribution in [3.8, 4) is 0 Å². The highest BCUT2D eigenvalue weighted by molar-refractivity contribution is 6.29. The van der Waals surface area contributed by atoms with Crippen LogP contribution in [0.5, 0.6) is 0 Å². The van der Waals surface area contributed by atoms with Gasteiger partial charge < -0.3 is 4.90 Å². The fourth-order valence-electron chi connectivity index (χ4n) is 4.12. The van der Waals surface area contributed by atoms with Crippen molar-refractivity contribution >= 4 is 17.4 Å². The van der Waals surface area contributed by atoms with Gasteiger partial charge in [-0.2, -0.15) is 0 Å². The Morgan fingerprint density at radius 2 is 1.71 bits per heavy atom. The van der Waals surface area contributed by atoms with Gasteiger partial charge in [0.25, 0.3) is 0 Å². The molecule has 1 aromatic rings. The van der Waals surface area contributed by atoms with Crippen LogP contribution in [0.3, 0.4) is 0 Å². The second-order valence-corrected chi connectivity index (χ2v) is 7.62. The molecule has 0 bridgehead atoms. The van der Waals surface area contributed by atoms with Crippen molar-refractivity contribution in [2.75, 3.05) is 18.0 Å². The van der Waals surface area contributed by atoms with Gasteiger partial charge in [0.15, 0.2) is 0 Å². The van der Waals surface area contributed by atoms with Gasteiger partial charge in [0.1, 0.15) is 16.8 Å². The van der Waals surface area contributed by atoms with Crippen molar-refractivity contribution in [2.45, 2.75) is 63.7 Å². The van der Waals surface area contributed by atoms with Crippen LogP contribution in [0, 0.1) is 5.41 Å². The SMILES string of the molecule is Clc1cc(N2CCC3(CCCCC3)CC2)nc(C2CC2)n1. The number of hydrogen-bond acceptors (Lipinski definition) is 3. The molecule has 1 aromatic heterocycles. The Kier molecular flexibility index (Phi) is 3.56. The maximum atomic E-state index is 6.21. The van der Waals surface area contributed by atoms with Gasteiger partial charge in [-0.25, -0.2) is 9.97 Å². The summed E-state index contributed by atoms with van der Waals surface area (Å²) < 4.78 is 0. The van der Waals surface area contributed by atoms with Gasteiger partial charge in [0.2, 0.25) is 0 Å². The lowest BCUT2D eigenvalue weighted by Gasteiger charge is -2.44. The molecule has 0 unspecified atom stereocenters. The van der Waals surface area contributed by atoms with Gasteiger partial charge in [-0.1, -0.05) is 30.9 Å². The van der Waals surface area contributed by atoms with Crippen molar-refractivity contribution in [2.24, 2.45) is 5.41 Å². The second kappa shape index (κ2) is 5.42. The predicted octanol–water partition coefficient (Wildman–Crippen LogP) is 4.56. The number of nitrogens with zero attached hydrogens (tertiary/aromatic N) is 3. The number of aromatic nitrogens is 2. The minimum atomic E-state index is 0.567. The van der Waals surface area contributed by atoms with E-state index in [0.29, 0.717) is 16.5 Å². The average molecular weight is 306 g/mol. The molecule has 3 aliphatic rings. The zero-order valence-corrected chi connectivity index (χ0v) is 13.4. The topological polar surface area (TPSA) is 29.0 Å². The fourth-order valence-corrected chi connectivity index (χ4v) is 4.31. The minimum Gasteiger partial charge on any atom is -0.356 e. The van der Waals surface area contributed by atoms with Crippen molar-refractivity contribution in [1.82, 2.24) is 9.97 Å². The summed E-state index contributed by atoms with van der Waals surface area (Å²) in [4.78, 5) is 11.6. The summed E-state index contributed by atoms with van der Waals surface area (Å²) in [5.74, 6) is 2.59. The first kappa shape index (κ1) is 13.8. The molecule has 21 heavy (non-hydrogen) atoms. The van der Waals surface area contributed by atoms with E-state index in [1.54, 1.807) is 0 Å². The molecular formula is C17H24ClN3. The van der Waals surface area contributed by atoms with Gasteiger partial charge in [-0.3, -0.25) is 0 Å². The Morgan fingerprint density at radius 1 is 1.00 bits per heavy atom. The zero-order chi connectivity index (χ0) is 14.3. The molecule has 3 nitrogen and oxygen atoms in total. The summed E-state index contributed by atoms with van der Waals surface area (Å²) in [6.45, 7) is 2.27. The highest BCUT2D eigenvalue weighted by Gasteiger charge is 2.36. The summed E-state index contributed by atoms with van der Waals surface area (Å²) in [5.41, 5.74) is 0.644. The van der Waals surface area contributed by atoms with E-state index in [-0.39, 0.29) is 0 Å². The first-order valence-corrected chi connectivity index (χ1v) is 8.91. The molecule has 0 atom stereocenters. The molecule has 0 aromatic carbocycles. The molecule has 4 rings (SSSR count). The van der Waals surface area contributed by atoms with Crippen LogP contribution in [0.15, 0.2) is 6.07 Å². The standard InChI is InChI=1S/C17H24ClN3/c18-14-12-15(20-16(19-14)13-4-5-13)21-10-8-17(9-11-21)6-2-1-3-7-17/h12-13H,1-11H2. The van der Waals surface area contributed by atoms with E-state index < -0.39 is 0 Å². The van der Waals surface area contributed by atoms with E-state index in [0.717, 1.165) is 24.7 Å². The van der Waals surface area contributed by atoms with Crippen LogP contribution < -0.4 is 4.90 Å². The van der Waals surface area contributed by atoms with Crippen LogP contribution in [0.4, 0.5) is 5.82 Å². The molecule has 4 heteroatoms. The monoisotopic (exact) mass is 305 g/mol. The van der Waals surface area contributed by atoms with E-state index in [2.05, 4.69) is 9.88 Å². The van der Waals surface area contributed by atoms with Crippen molar-refractivity contribution in [3.63, 3.8) is 0 Å². The van der Waals surface area contributed by atoms with Crippen molar-refractivity contribution in [1.29, 1.82) is 0 Å². The zero-order valence-electron chi connectivity index (χ0n) is 12.7. The van der Waals surface area contributed by atoms with Crippen LogP contribution in [0.1, 0.15) is 69.5 Å². The Morgan fingerprint density at radius 3 is 2.38 bits per heavy atom. The largest absolute Gasteiger partial charge is 0.356 e. The van der Waals surface area contributed by atoms with E-state index in [4.69, 9.17) is 16.6 Å². The van der Waals surface area contributed by atoms with Crippen molar-refractivity contribution in [3.05, 3.63) is 17.0 Å². The molecule has 1 spiro atoms. The molecule has 2 saturated carbocycles. The van der Waals surface area contributed by atoms with Crippen LogP contribution in [-0.2, 0) is 0 Å². The second-order valence-electron chi connectivity index (χ2n) is 7.23. The molecule has 1 saturated heterocycles. The maximum Gasteiger partial charge on any atom is 0.135 e. The summed E-state index contributed by atoms with van der Waals surface area (Å²) in [6.07, 6.45) is 12.3. The molecule has 0 N–H and O–H groups in total. The summed E-state index contributed by atoms with van der Waals surface area (Å²) in [7, 11) is 0. The van der Waals surface area contributed by atoms with E-state index in [9.17, 15) is 0 Å². The first-order valence-electron chi connectivity index (χ1n) is 8.54. The lowest BCUT2D eigenvalue weighted by molar-refractivity contribution is 0.144. The Bertz CT molecular complexity index is 511. The Labute approximate surface area is 132 Å². The van der Waals surface area contributed by atoms with Crippen molar-refractivity contribution < 1.29 is 0 Å². The summed E-state index contributed by atoms with van der Waals surface area (Å²) in [5, 5.41) is 0.611. The molecule has 2 aliphatic carbocycles. The molecule has 0 radical (unpaired) electrons. The van der Waals surface area contributed by atoms with Crippen LogP contribution in [-0.4, -0.2) is 23.1 Å². The third-order valence-corrected chi connectivity index (χ3v) is 5.90. The van der Waals surface area contributed by atoms with Gasteiger partial charge in [-0.15, -0.1) is 0 Å². The number of anilines is 1. The Hall–Kier alpha value is -0.830. The van der Waals surface area contributed by atoms with E-state index in [1.165, 1.54) is 57.8 Å². The maximum absolute atomic E-state index is 6.21. The van der Waals surface area contributed by atoms with Crippen LogP contribution in [0.2, 0.25) is 5.15 Å². The number of piperidine rings is 1. The molecular weight excluding hydrogens is 282 g/mol. The smallest absolute Gasteiger partial charge is 0.135 e. The van der Waals surface area contributed by atoms with Gasteiger partial charge in [0.05, 0.1) is 0 Å². The first-order chi connectivity index (χ1) is 10.2. The van der Waals surface area contributed by atoms with Crippen LogP contribution >= 0.6 is 11.6 Å². The summed E-state index contributed by atoms with van der Waals surface area (Å²) >= 11 is 6.21. The lowest BCUT2D eigenvalue weighted by Crippen LogP contribution is -2.41. The Balaban J connectivity index is 1.48. The van der Waals surface area contributed by atoms with Gasteiger partial charge in [-0.05, 0) is 43.9 Å². The predicted molar refractivity (Wildman–Crippen MR) is 86.0 cm³/mol. The number of halogens is 1. The highest BCUT2D eigenvalue weighted by atomic mass is 35.5. The fraction of sp³-hybridized carbons (Fsp3) is 0.765. The average Bonchev–Trinajstić information content (AvgIpc) is 3.33. The van der Waals surface area contributed by atoms with Gasteiger partial charge in [0, 0.05) is 25.1 Å². The third kappa shape index (κ3) is 2.90. The normalized spacial score (nSPS) is 25.3. The molecule has 3 fully saturated rings.